The number of amides is 1. The molecule has 0 unspecified atom stereocenters. The van der Waals surface area contributed by atoms with E-state index in [2.05, 4.69) is 0 Å². The van der Waals surface area contributed by atoms with E-state index in [9.17, 15) is 18.0 Å². The van der Waals surface area contributed by atoms with Crippen LogP contribution in [0.3, 0.4) is 0 Å². The number of hydrogen-bond acceptors (Lipinski definition) is 1. The molecule has 0 aliphatic rings. The third kappa shape index (κ3) is 2.74. The predicted octanol–water partition coefficient (Wildman–Crippen LogP) is 3.40. The van der Waals surface area contributed by atoms with Gasteiger partial charge in [-0.05, 0) is 23.6 Å². The number of nitrogens with one attached hydrogen (secondary N) is 1. The van der Waals surface area contributed by atoms with Crippen molar-refractivity contribution in [2.24, 2.45) is 0 Å². The Bertz CT molecular complexity index is 385. The first-order valence-electron chi connectivity index (χ1n) is 4.77. The van der Waals surface area contributed by atoms with Gasteiger partial charge in [-0.2, -0.15) is 13.2 Å². The van der Waals surface area contributed by atoms with Crippen molar-refractivity contribution in [2.45, 2.75) is 25.9 Å². The molecular weight excluding hydrogens is 219 g/mol. The van der Waals surface area contributed by atoms with Crippen molar-refractivity contribution in [2.75, 3.05) is 5.32 Å². The van der Waals surface area contributed by atoms with Crippen LogP contribution in [0.1, 0.15) is 30.9 Å². The molecule has 0 atom stereocenters. The highest BCUT2D eigenvalue weighted by Gasteiger charge is 2.33. The molecule has 0 aliphatic heterocycles. The van der Waals surface area contributed by atoms with Crippen LogP contribution in [0.25, 0.3) is 0 Å². The first-order valence-corrected chi connectivity index (χ1v) is 4.77. The number of benzene rings is 1. The van der Waals surface area contributed by atoms with Crippen LogP contribution >= 0.6 is 0 Å². The molecule has 88 valence electrons. The van der Waals surface area contributed by atoms with Gasteiger partial charge in [0.25, 0.3) is 0 Å². The summed E-state index contributed by atoms with van der Waals surface area (Å²) in [5, 5.41) is 2.05. The topological polar surface area (TPSA) is 29.1 Å². The van der Waals surface area contributed by atoms with Crippen LogP contribution in [0, 0.1) is 0 Å². The summed E-state index contributed by atoms with van der Waals surface area (Å²) in [7, 11) is 0. The molecule has 0 spiro atoms. The minimum atomic E-state index is -4.46. The zero-order valence-corrected chi connectivity index (χ0v) is 8.93. The average molecular weight is 231 g/mol. The van der Waals surface area contributed by atoms with E-state index in [0.717, 1.165) is 6.07 Å². The van der Waals surface area contributed by atoms with E-state index in [1.807, 2.05) is 19.2 Å². The molecule has 2 nitrogen and oxygen atoms in total. The maximum absolute atomic E-state index is 12.7. The lowest BCUT2D eigenvalue weighted by Gasteiger charge is -2.15. The number of anilines is 1. The molecule has 0 aromatic heterocycles. The van der Waals surface area contributed by atoms with Crippen molar-refractivity contribution in [1.82, 2.24) is 0 Å². The standard InChI is InChI=1S/C11H12F3NO/c1-7(2)8-3-4-10(15-6-16)9(5-8)11(12,13)14/h3-7H,1-2H3,(H,15,16). The van der Waals surface area contributed by atoms with Crippen molar-refractivity contribution in [3.63, 3.8) is 0 Å². The Morgan fingerprint density at radius 1 is 1.31 bits per heavy atom. The van der Waals surface area contributed by atoms with E-state index in [1.54, 1.807) is 6.07 Å². The minimum absolute atomic E-state index is 0.00591. The normalized spacial score (nSPS) is 11.6. The Hall–Kier alpha value is -1.52. The molecule has 5 heteroatoms. The second-order valence-corrected chi connectivity index (χ2v) is 3.72. The molecule has 0 heterocycles. The van der Waals surface area contributed by atoms with Crippen LogP contribution in [0.15, 0.2) is 18.2 Å². The molecular formula is C11H12F3NO. The summed E-state index contributed by atoms with van der Waals surface area (Å²) in [6.45, 7) is 3.62. The van der Waals surface area contributed by atoms with Crippen LogP contribution in [0.2, 0.25) is 0 Å². The smallest absolute Gasteiger partial charge is 0.328 e. The molecule has 1 rings (SSSR count). The van der Waals surface area contributed by atoms with E-state index in [1.165, 1.54) is 6.07 Å². The summed E-state index contributed by atoms with van der Waals surface area (Å²) < 4.78 is 38.0. The van der Waals surface area contributed by atoms with Gasteiger partial charge >= 0.3 is 6.18 Å². The second kappa shape index (κ2) is 4.55. The Balaban J connectivity index is 3.26. The molecule has 1 aromatic rings. The largest absolute Gasteiger partial charge is 0.418 e. The van der Waals surface area contributed by atoms with Crippen LogP contribution in [0.5, 0.6) is 0 Å². The first kappa shape index (κ1) is 12.5. The summed E-state index contributed by atoms with van der Waals surface area (Å²) in [5.41, 5.74) is -0.443. The Morgan fingerprint density at radius 2 is 1.94 bits per heavy atom. The SMILES string of the molecule is CC(C)c1ccc(NC=O)c(C(F)(F)F)c1. The fourth-order valence-corrected chi connectivity index (χ4v) is 1.34. The number of rotatable bonds is 3. The van der Waals surface area contributed by atoms with Gasteiger partial charge in [-0.3, -0.25) is 4.79 Å². The maximum atomic E-state index is 12.7. The summed E-state index contributed by atoms with van der Waals surface area (Å²) in [4.78, 5) is 10.2. The molecule has 0 saturated carbocycles. The fraction of sp³-hybridized carbons (Fsp3) is 0.364. The lowest BCUT2D eigenvalue weighted by molar-refractivity contribution is -0.137. The van der Waals surface area contributed by atoms with Gasteiger partial charge in [0, 0.05) is 0 Å². The van der Waals surface area contributed by atoms with E-state index in [4.69, 9.17) is 0 Å². The van der Waals surface area contributed by atoms with Gasteiger partial charge in [0.05, 0.1) is 11.3 Å². The van der Waals surface area contributed by atoms with Crippen molar-refractivity contribution >= 4 is 12.1 Å². The van der Waals surface area contributed by atoms with E-state index < -0.39 is 11.7 Å². The maximum Gasteiger partial charge on any atom is 0.418 e. The predicted molar refractivity (Wildman–Crippen MR) is 55.2 cm³/mol. The van der Waals surface area contributed by atoms with Crippen molar-refractivity contribution in [1.29, 1.82) is 0 Å². The molecule has 0 bridgehead atoms. The molecule has 1 N–H and O–H groups in total. The van der Waals surface area contributed by atoms with E-state index >= 15 is 0 Å². The summed E-state index contributed by atoms with van der Waals surface area (Å²) >= 11 is 0. The number of halogens is 3. The highest BCUT2D eigenvalue weighted by molar-refractivity contribution is 5.74. The Morgan fingerprint density at radius 3 is 2.38 bits per heavy atom. The number of alkyl halides is 3. The third-order valence-electron chi connectivity index (χ3n) is 2.23. The second-order valence-electron chi connectivity index (χ2n) is 3.72. The van der Waals surface area contributed by atoms with Gasteiger partial charge in [0.15, 0.2) is 0 Å². The van der Waals surface area contributed by atoms with Gasteiger partial charge in [0.2, 0.25) is 6.41 Å². The van der Waals surface area contributed by atoms with Crippen LogP contribution in [-0.2, 0) is 11.0 Å². The van der Waals surface area contributed by atoms with Crippen LogP contribution < -0.4 is 5.32 Å². The average Bonchev–Trinajstić information content (AvgIpc) is 2.16. The van der Waals surface area contributed by atoms with E-state index in [0.29, 0.717) is 5.56 Å². The minimum Gasteiger partial charge on any atom is -0.328 e. The van der Waals surface area contributed by atoms with Crippen molar-refractivity contribution in [3.8, 4) is 0 Å². The summed E-state index contributed by atoms with van der Waals surface area (Å²) in [6.07, 6.45) is -4.23. The number of hydrogen-bond donors (Lipinski definition) is 1. The summed E-state index contributed by atoms with van der Waals surface area (Å²) in [6, 6.07) is 3.91. The molecule has 0 radical (unpaired) electrons. The zero-order valence-electron chi connectivity index (χ0n) is 8.93. The number of carbonyl (C=O) groups excluding carboxylic acids is 1. The molecule has 0 saturated heterocycles. The fourth-order valence-electron chi connectivity index (χ4n) is 1.34. The molecule has 1 amide bonds. The molecule has 0 aliphatic carbocycles. The highest BCUT2D eigenvalue weighted by Crippen LogP contribution is 2.36. The molecule has 1 aromatic carbocycles. The van der Waals surface area contributed by atoms with E-state index in [-0.39, 0.29) is 18.0 Å². The quantitative estimate of drug-likeness (QED) is 0.793. The Labute approximate surface area is 91.5 Å². The Kier molecular flexibility index (Phi) is 3.57. The molecule has 0 fully saturated rings. The lowest BCUT2D eigenvalue weighted by atomic mass is 9.99. The van der Waals surface area contributed by atoms with Crippen molar-refractivity contribution < 1.29 is 18.0 Å². The van der Waals surface area contributed by atoms with Gasteiger partial charge < -0.3 is 5.32 Å². The summed E-state index contributed by atoms with van der Waals surface area (Å²) in [5.74, 6) is 0.00591. The highest BCUT2D eigenvalue weighted by atomic mass is 19.4. The monoisotopic (exact) mass is 231 g/mol. The van der Waals surface area contributed by atoms with Gasteiger partial charge in [-0.15, -0.1) is 0 Å². The van der Waals surface area contributed by atoms with Crippen molar-refractivity contribution in [3.05, 3.63) is 29.3 Å². The van der Waals surface area contributed by atoms with Gasteiger partial charge in [0.1, 0.15) is 0 Å². The van der Waals surface area contributed by atoms with Crippen LogP contribution in [0.4, 0.5) is 18.9 Å². The van der Waals surface area contributed by atoms with Gasteiger partial charge in [-0.1, -0.05) is 19.9 Å². The van der Waals surface area contributed by atoms with Crippen LogP contribution in [-0.4, -0.2) is 6.41 Å². The third-order valence-corrected chi connectivity index (χ3v) is 2.23. The first-order chi connectivity index (χ1) is 7.36. The molecule has 16 heavy (non-hydrogen) atoms. The lowest BCUT2D eigenvalue weighted by Crippen LogP contribution is -2.11. The zero-order chi connectivity index (χ0) is 12.3. The van der Waals surface area contributed by atoms with Gasteiger partial charge in [-0.25, -0.2) is 0 Å². The number of carbonyl (C=O) groups is 1.